The summed E-state index contributed by atoms with van der Waals surface area (Å²) in [5.74, 6) is 6.64. The van der Waals surface area contributed by atoms with Crippen molar-refractivity contribution in [1.29, 1.82) is 0 Å². The van der Waals surface area contributed by atoms with E-state index < -0.39 is 0 Å². The van der Waals surface area contributed by atoms with Crippen molar-refractivity contribution in [3.8, 4) is 0 Å². The minimum absolute atomic E-state index is 0.568. The van der Waals surface area contributed by atoms with E-state index in [2.05, 4.69) is 43.3 Å². The molecule has 2 heterocycles. The van der Waals surface area contributed by atoms with Gasteiger partial charge in [0.25, 0.3) is 0 Å². The maximum atomic E-state index is 5.42. The summed E-state index contributed by atoms with van der Waals surface area (Å²) in [6.45, 7) is 0. The molecule has 3 rings (SSSR count). The van der Waals surface area contributed by atoms with Gasteiger partial charge in [0.05, 0.1) is 6.20 Å². The molecule has 2 aromatic heterocycles. The number of benzene rings is 1. The van der Waals surface area contributed by atoms with Crippen molar-refractivity contribution in [1.82, 2.24) is 14.4 Å². The third kappa shape index (κ3) is 2.47. The van der Waals surface area contributed by atoms with Gasteiger partial charge in [-0.2, -0.15) is 0 Å². The number of hydrazine groups is 1. The molecular formula is C12H11IN6. The van der Waals surface area contributed by atoms with E-state index in [4.69, 9.17) is 5.84 Å². The molecule has 0 aliphatic heterocycles. The van der Waals surface area contributed by atoms with Gasteiger partial charge in [0, 0.05) is 21.7 Å². The van der Waals surface area contributed by atoms with Crippen LogP contribution < -0.4 is 16.6 Å². The molecule has 0 bridgehead atoms. The van der Waals surface area contributed by atoms with E-state index >= 15 is 0 Å². The molecule has 7 heteroatoms. The molecule has 0 saturated heterocycles. The Balaban J connectivity index is 2.06. The summed E-state index contributed by atoms with van der Waals surface area (Å²) >= 11 is 2.27. The zero-order chi connectivity index (χ0) is 13.2. The first-order chi connectivity index (χ1) is 9.26. The number of halogens is 1. The van der Waals surface area contributed by atoms with Crippen LogP contribution in [0.2, 0.25) is 0 Å². The molecule has 0 radical (unpaired) electrons. The van der Waals surface area contributed by atoms with Crippen LogP contribution >= 0.6 is 22.6 Å². The first-order valence-corrected chi connectivity index (χ1v) is 6.67. The standard InChI is InChI=1S/C12H11IN6/c13-8-2-1-3-9(6-8)16-11-12-15-4-5-19(12)7-10(17-11)18-14/h1-7,18H,14H2,(H,16,17). The van der Waals surface area contributed by atoms with Gasteiger partial charge >= 0.3 is 0 Å². The Kier molecular flexibility index (Phi) is 3.22. The Morgan fingerprint density at radius 1 is 1.32 bits per heavy atom. The van der Waals surface area contributed by atoms with Crippen molar-refractivity contribution in [3.05, 3.63) is 46.4 Å². The van der Waals surface area contributed by atoms with E-state index in [1.165, 1.54) is 0 Å². The molecule has 0 aliphatic carbocycles. The Bertz CT molecular complexity index is 723. The summed E-state index contributed by atoms with van der Waals surface area (Å²) in [6.07, 6.45) is 5.34. The number of hydrogen-bond donors (Lipinski definition) is 3. The van der Waals surface area contributed by atoms with Crippen molar-refractivity contribution in [2.75, 3.05) is 10.7 Å². The fraction of sp³-hybridized carbons (Fsp3) is 0. The molecule has 1 aromatic carbocycles. The summed E-state index contributed by atoms with van der Waals surface area (Å²) < 4.78 is 3.01. The number of hydrogen-bond acceptors (Lipinski definition) is 5. The molecule has 0 spiro atoms. The highest BCUT2D eigenvalue weighted by Crippen LogP contribution is 2.21. The Labute approximate surface area is 123 Å². The summed E-state index contributed by atoms with van der Waals surface area (Å²) in [7, 11) is 0. The number of nitrogens with zero attached hydrogens (tertiary/aromatic N) is 3. The SMILES string of the molecule is NNc1cn2ccnc2c(Nc2cccc(I)c2)n1. The largest absolute Gasteiger partial charge is 0.337 e. The van der Waals surface area contributed by atoms with Crippen molar-refractivity contribution < 1.29 is 0 Å². The molecule has 3 aromatic rings. The van der Waals surface area contributed by atoms with Crippen LogP contribution in [0.15, 0.2) is 42.9 Å². The van der Waals surface area contributed by atoms with Gasteiger partial charge in [-0.15, -0.1) is 0 Å². The second-order valence-electron chi connectivity index (χ2n) is 3.91. The van der Waals surface area contributed by atoms with Crippen LogP contribution in [0.4, 0.5) is 17.3 Å². The molecule has 0 amide bonds. The fourth-order valence-electron chi connectivity index (χ4n) is 1.79. The van der Waals surface area contributed by atoms with Crippen LogP contribution in [0.1, 0.15) is 0 Å². The zero-order valence-corrected chi connectivity index (χ0v) is 12.0. The van der Waals surface area contributed by atoms with Gasteiger partial charge in [-0.1, -0.05) is 6.07 Å². The third-order valence-electron chi connectivity index (χ3n) is 2.61. The summed E-state index contributed by atoms with van der Waals surface area (Å²) in [4.78, 5) is 8.66. The van der Waals surface area contributed by atoms with Crippen LogP contribution in [0.3, 0.4) is 0 Å². The lowest BCUT2D eigenvalue weighted by Crippen LogP contribution is -2.11. The Morgan fingerprint density at radius 3 is 3.00 bits per heavy atom. The maximum absolute atomic E-state index is 5.42. The van der Waals surface area contributed by atoms with Crippen molar-refractivity contribution >= 4 is 45.6 Å². The predicted molar refractivity (Wildman–Crippen MR) is 83.2 cm³/mol. The number of rotatable bonds is 3. The highest BCUT2D eigenvalue weighted by Gasteiger charge is 2.07. The summed E-state index contributed by atoms with van der Waals surface area (Å²) in [6, 6.07) is 8.02. The van der Waals surface area contributed by atoms with E-state index in [1.54, 1.807) is 12.4 Å². The van der Waals surface area contributed by atoms with E-state index in [0.717, 1.165) is 14.9 Å². The van der Waals surface area contributed by atoms with Crippen molar-refractivity contribution in [2.45, 2.75) is 0 Å². The number of imidazole rings is 1. The number of aromatic nitrogens is 3. The smallest absolute Gasteiger partial charge is 0.180 e. The van der Waals surface area contributed by atoms with E-state index in [-0.39, 0.29) is 0 Å². The van der Waals surface area contributed by atoms with Gasteiger partial charge in [-0.3, -0.25) is 0 Å². The molecule has 4 N–H and O–H groups in total. The van der Waals surface area contributed by atoms with Gasteiger partial charge in [0.15, 0.2) is 17.3 Å². The van der Waals surface area contributed by atoms with Gasteiger partial charge in [-0.05, 0) is 40.8 Å². The second kappa shape index (κ2) is 5.02. The summed E-state index contributed by atoms with van der Waals surface area (Å²) in [5.41, 5.74) is 4.25. The highest BCUT2D eigenvalue weighted by atomic mass is 127. The molecule has 0 atom stereocenters. The summed E-state index contributed by atoms with van der Waals surface area (Å²) in [5, 5.41) is 3.25. The Hall–Kier alpha value is -1.87. The van der Waals surface area contributed by atoms with Crippen molar-refractivity contribution in [2.24, 2.45) is 5.84 Å². The molecule has 0 unspecified atom stereocenters. The van der Waals surface area contributed by atoms with Gasteiger partial charge in [0.2, 0.25) is 0 Å². The first-order valence-electron chi connectivity index (χ1n) is 5.59. The lowest BCUT2D eigenvalue weighted by Gasteiger charge is -2.09. The lowest BCUT2D eigenvalue weighted by atomic mass is 10.3. The first kappa shape index (κ1) is 12.2. The minimum atomic E-state index is 0.568. The van der Waals surface area contributed by atoms with E-state index in [1.807, 2.05) is 34.9 Å². The zero-order valence-electron chi connectivity index (χ0n) is 9.84. The van der Waals surface area contributed by atoms with Gasteiger partial charge in [0.1, 0.15) is 0 Å². The van der Waals surface area contributed by atoms with Crippen molar-refractivity contribution in [3.63, 3.8) is 0 Å². The quantitative estimate of drug-likeness (QED) is 0.377. The third-order valence-corrected chi connectivity index (χ3v) is 3.28. The molecule has 6 nitrogen and oxygen atoms in total. The topological polar surface area (TPSA) is 80.3 Å². The van der Waals surface area contributed by atoms with Crippen LogP contribution in [0.25, 0.3) is 5.65 Å². The fourth-order valence-corrected chi connectivity index (χ4v) is 2.33. The number of nitrogen functional groups attached to an aromatic ring is 1. The average Bonchev–Trinajstić information content (AvgIpc) is 2.87. The van der Waals surface area contributed by atoms with Crippen LogP contribution in [0, 0.1) is 3.57 Å². The number of fused-ring (bicyclic) bond motifs is 1. The molecule has 0 fully saturated rings. The Morgan fingerprint density at radius 2 is 2.21 bits per heavy atom. The second-order valence-corrected chi connectivity index (χ2v) is 5.16. The average molecular weight is 366 g/mol. The number of nitrogens with one attached hydrogen (secondary N) is 2. The van der Waals surface area contributed by atoms with E-state index in [9.17, 15) is 0 Å². The molecule has 19 heavy (non-hydrogen) atoms. The van der Waals surface area contributed by atoms with Gasteiger partial charge in [-0.25, -0.2) is 15.8 Å². The van der Waals surface area contributed by atoms with Crippen LogP contribution in [-0.4, -0.2) is 14.4 Å². The monoisotopic (exact) mass is 366 g/mol. The normalized spacial score (nSPS) is 10.6. The molecular weight excluding hydrogens is 355 g/mol. The maximum Gasteiger partial charge on any atom is 0.180 e. The molecule has 0 saturated carbocycles. The lowest BCUT2D eigenvalue weighted by molar-refractivity contribution is 1.11. The van der Waals surface area contributed by atoms with Crippen LogP contribution in [0.5, 0.6) is 0 Å². The van der Waals surface area contributed by atoms with Crippen LogP contribution in [-0.2, 0) is 0 Å². The molecule has 96 valence electrons. The molecule has 0 aliphatic rings. The highest BCUT2D eigenvalue weighted by molar-refractivity contribution is 14.1. The minimum Gasteiger partial charge on any atom is -0.337 e. The van der Waals surface area contributed by atoms with E-state index in [0.29, 0.717) is 11.6 Å². The predicted octanol–water partition coefficient (Wildman–Crippen LogP) is 2.36. The van der Waals surface area contributed by atoms with Gasteiger partial charge < -0.3 is 15.1 Å². The number of nitrogens with two attached hydrogens (primary N) is 1. The number of anilines is 3.